The van der Waals surface area contributed by atoms with Crippen LogP contribution in [0, 0.1) is 0 Å². The maximum Gasteiger partial charge on any atom is 0.140 e. The molecule has 1 fully saturated rings. The number of hydrazine groups is 1. The number of hydrogen-bond acceptors (Lipinski definition) is 6. The Hall–Kier alpha value is -0.920. The van der Waals surface area contributed by atoms with Crippen molar-refractivity contribution >= 4 is 17.4 Å². The average molecular weight is 273 g/mol. The zero-order valence-electron chi connectivity index (χ0n) is 9.97. The molecule has 1 unspecified atom stereocenters. The third-order valence-corrected chi connectivity index (χ3v) is 3.21. The van der Waals surface area contributed by atoms with Crippen LogP contribution in [0.15, 0.2) is 12.1 Å². The molecule has 100 valence electrons. The van der Waals surface area contributed by atoms with Gasteiger partial charge in [0.1, 0.15) is 5.82 Å². The van der Waals surface area contributed by atoms with E-state index in [0.717, 1.165) is 12.2 Å². The van der Waals surface area contributed by atoms with Crippen molar-refractivity contribution in [2.75, 3.05) is 31.7 Å². The molecule has 1 atom stereocenters. The molecule has 0 radical (unpaired) electrons. The Morgan fingerprint density at radius 3 is 3.17 bits per heavy atom. The van der Waals surface area contributed by atoms with Gasteiger partial charge in [-0.05, 0) is 12.1 Å². The van der Waals surface area contributed by atoms with Crippen molar-refractivity contribution in [1.29, 1.82) is 0 Å². The fourth-order valence-electron chi connectivity index (χ4n) is 1.92. The van der Waals surface area contributed by atoms with Crippen LogP contribution in [0.4, 0.5) is 5.82 Å². The van der Waals surface area contributed by atoms with Crippen molar-refractivity contribution in [2.24, 2.45) is 5.84 Å². The molecular formula is C11H17ClN4O2. The maximum atomic E-state index is 9.09. The first kappa shape index (κ1) is 13.5. The number of aliphatic hydroxyl groups excluding tert-OH is 1. The summed E-state index contributed by atoms with van der Waals surface area (Å²) in [4.78, 5) is 6.47. The normalized spacial score (nSPS) is 20.9. The molecular weight excluding hydrogens is 256 g/mol. The molecule has 0 saturated carbocycles. The number of rotatable bonds is 4. The van der Waals surface area contributed by atoms with E-state index in [1.165, 1.54) is 0 Å². The number of morpholine rings is 1. The molecule has 4 N–H and O–H groups in total. The third kappa shape index (κ3) is 3.30. The fraction of sp³-hybridized carbons (Fsp3) is 0.545. The highest BCUT2D eigenvalue weighted by Crippen LogP contribution is 2.19. The van der Waals surface area contributed by atoms with E-state index in [4.69, 9.17) is 27.3 Å². The van der Waals surface area contributed by atoms with Crippen LogP contribution in [0.25, 0.3) is 0 Å². The van der Waals surface area contributed by atoms with Crippen molar-refractivity contribution in [2.45, 2.75) is 12.6 Å². The molecule has 1 aromatic rings. The van der Waals surface area contributed by atoms with Gasteiger partial charge in [0.05, 0.1) is 30.0 Å². The first-order chi connectivity index (χ1) is 8.72. The number of halogens is 1. The molecule has 1 aliphatic heterocycles. The lowest BCUT2D eigenvalue weighted by molar-refractivity contribution is -0.0553. The van der Waals surface area contributed by atoms with Crippen LogP contribution in [0.3, 0.4) is 0 Å². The minimum atomic E-state index is -0.131. The molecule has 0 aliphatic carbocycles. The van der Waals surface area contributed by atoms with Crippen LogP contribution in [-0.4, -0.2) is 47.4 Å². The Morgan fingerprint density at radius 1 is 1.61 bits per heavy atom. The molecule has 7 heteroatoms. The van der Waals surface area contributed by atoms with Gasteiger partial charge in [-0.15, -0.1) is 0 Å². The number of pyridine rings is 1. The summed E-state index contributed by atoms with van der Waals surface area (Å²) in [6.45, 7) is 2.73. The lowest BCUT2D eigenvalue weighted by Crippen LogP contribution is -2.43. The van der Waals surface area contributed by atoms with Gasteiger partial charge in [-0.2, -0.15) is 0 Å². The van der Waals surface area contributed by atoms with Gasteiger partial charge in [-0.3, -0.25) is 4.90 Å². The Balaban J connectivity index is 2.04. The lowest BCUT2D eigenvalue weighted by atomic mass is 10.2. The fourth-order valence-corrected chi connectivity index (χ4v) is 2.09. The van der Waals surface area contributed by atoms with Gasteiger partial charge >= 0.3 is 0 Å². The van der Waals surface area contributed by atoms with Crippen molar-refractivity contribution < 1.29 is 9.84 Å². The summed E-state index contributed by atoms with van der Waals surface area (Å²) in [6.07, 6.45) is -0.131. The van der Waals surface area contributed by atoms with Crippen LogP contribution in [0.2, 0.25) is 5.02 Å². The van der Waals surface area contributed by atoms with Crippen molar-refractivity contribution in [3.05, 3.63) is 22.8 Å². The highest BCUT2D eigenvalue weighted by Gasteiger charge is 2.20. The highest BCUT2D eigenvalue weighted by atomic mass is 35.5. The summed E-state index contributed by atoms with van der Waals surface area (Å²) in [5.74, 6) is 5.91. The Kier molecular flexibility index (Phi) is 4.73. The van der Waals surface area contributed by atoms with Gasteiger partial charge in [-0.25, -0.2) is 10.8 Å². The molecule has 0 aromatic carbocycles. The van der Waals surface area contributed by atoms with E-state index in [2.05, 4.69) is 15.3 Å². The second kappa shape index (κ2) is 6.31. The monoisotopic (exact) mass is 272 g/mol. The minimum Gasteiger partial charge on any atom is -0.394 e. The van der Waals surface area contributed by atoms with Gasteiger partial charge in [0, 0.05) is 19.6 Å². The van der Waals surface area contributed by atoms with Crippen molar-refractivity contribution in [3.63, 3.8) is 0 Å². The zero-order valence-corrected chi connectivity index (χ0v) is 10.7. The number of ether oxygens (including phenoxy) is 1. The number of nitrogens with one attached hydrogen (secondary N) is 1. The van der Waals surface area contributed by atoms with E-state index in [1.54, 1.807) is 12.1 Å². The molecule has 1 aliphatic rings. The van der Waals surface area contributed by atoms with Gasteiger partial charge in [0.15, 0.2) is 0 Å². The lowest BCUT2D eigenvalue weighted by Gasteiger charge is -2.31. The second-order valence-corrected chi connectivity index (χ2v) is 4.59. The smallest absolute Gasteiger partial charge is 0.140 e. The summed E-state index contributed by atoms with van der Waals surface area (Å²) < 4.78 is 5.39. The summed E-state index contributed by atoms with van der Waals surface area (Å²) in [5.41, 5.74) is 3.27. The predicted molar refractivity (Wildman–Crippen MR) is 69.2 cm³/mol. The van der Waals surface area contributed by atoms with Crippen LogP contribution >= 0.6 is 11.6 Å². The second-order valence-electron chi connectivity index (χ2n) is 4.18. The van der Waals surface area contributed by atoms with E-state index in [-0.39, 0.29) is 12.7 Å². The zero-order chi connectivity index (χ0) is 13.0. The average Bonchev–Trinajstić information content (AvgIpc) is 2.41. The minimum absolute atomic E-state index is 0.0298. The number of nitrogen functional groups attached to an aromatic ring is 1. The number of aliphatic hydroxyl groups is 1. The van der Waals surface area contributed by atoms with E-state index >= 15 is 0 Å². The van der Waals surface area contributed by atoms with E-state index in [9.17, 15) is 0 Å². The summed E-state index contributed by atoms with van der Waals surface area (Å²) >= 11 is 6.10. The Labute approximate surface area is 111 Å². The van der Waals surface area contributed by atoms with Gasteiger partial charge < -0.3 is 15.3 Å². The van der Waals surface area contributed by atoms with Crippen molar-refractivity contribution in [1.82, 2.24) is 9.88 Å². The summed E-state index contributed by atoms with van der Waals surface area (Å²) in [7, 11) is 0. The molecule has 0 amide bonds. The maximum absolute atomic E-state index is 9.09. The van der Waals surface area contributed by atoms with E-state index in [0.29, 0.717) is 30.5 Å². The Morgan fingerprint density at radius 2 is 2.44 bits per heavy atom. The SMILES string of the molecule is NNc1ccc(Cl)c(CN2CCOC(CO)C2)n1. The van der Waals surface area contributed by atoms with Crippen LogP contribution < -0.4 is 11.3 Å². The molecule has 6 nitrogen and oxygen atoms in total. The van der Waals surface area contributed by atoms with Gasteiger partial charge in [0.2, 0.25) is 0 Å². The first-order valence-corrected chi connectivity index (χ1v) is 6.17. The molecule has 1 aromatic heterocycles. The van der Waals surface area contributed by atoms with Crippen LogP contribution in [0.5, 0.6) is 0 Å². The first-order valence-electron chi connectivity index (χ1n) is 5.79. The molecule has 18 heavy (non-hydrogen) atoms. The number of anilines is 1. The van der Waals surface area contributed by atoms with Gasteiger partial charge in [-0.1, -0.05) is 11.6 Å². The van der Waals surface area contributed by atoms with Crippen LogP contribution in [-0.2, 0) is 11.3 Å². The van der Waals surface area contributed by atoms with Crippen molar-refractivity contribution in [3.8, 4) is 0 Å². The highest BCUT2D eigenvalue weighted by molar-refractivity contribution is 6.31. The topological polar surface area (TPSA) is 83.6 Å². The molecule has 0 spiro atoms. The number of nitrogens with zero attached hydrogens (tertiary/aromatic N) is 2. The number of hydrogen-bond donors (Lipinski definition) is 3. The number of aromatic nitrogens is 1. The quantitative estimate of drug-likeness (QED) is 0.537. The van der Waals surface area contributed by atoms with Gasteiger partial charge in [0.25, 0.3) is 0 Å². The Bertz CT molecular complexity index is 405. The predicted octanol–water partition coefficient (Wildman–Crippen LogP) is 0.214. The summed E-state index contributed by atoms with van der Waals surface area (Å²) in [6, 6.07) is 3.49. The standard InChI is InChI=1S/C11H17ClN4O2/c12-9-1-2-11(15-13)14-10(9)6-16-3-4-18-8(5-16)7-17/h1-2,8,17H,3-7,13H2,(H,14,15). The molecule has 1 saturated heterocycles. The molecule has 2 rings (SSSR count). The van der Waals surface area contributed by atoms with E-state index < -0.39 is 0 Å². The molecule has 2 heterocycles. The third-order valence-electron chi connectivity index (χ3n) is 2.87. The van der Waals surface area contributed by atoms with E-state index in [1.807, 2.05) is 0 Å². The number of nitrogens with two attached hydrogens (primary N) is 1. The van der Waals surface area contributed by atoms with Crippen LogP contribution in [0.1, 0.15) is 5.69 Å². The summed E-state index contributed by atoms with van der Waals surface area (Å²) in [5, 5.41) is 9.70. The molecule has 0 bridgehead atoms. The largest absolute Gasteiger partial charge is 0.394 e.